The number of likely N-dealkylation sites (N-methyl/N-ethyl adjacent to an activating group) is 1. The van der Waals surface area contributed by atoms with E-state index in [4.69, 9.17) is 4.74 Å². The zero-order valence-electron chi connectivity index (χ0n) is 12.3. The molecular weight excluding hydrogens is 228 g/mol. The Morgan fingerprint density at radius 2 is 2.06 bits per heavy atom. The fourth-order valence-electron chi connectivity index (χ4n) is 2.35. The average molecular weight is 256 g/mol. The molecule has 0 aromatic heterocycles. The molecule has 1 aliphatic rings. The highest BCUT2D eigenvalue weighted by atomic mass is 16.5. The largest absolute Gasteiger partial charge is 0.465 e. The van der Waals surface area contributed by atoms with Gasteiger partial charge in [-0.15, -0.1) is 0 Å². The molecule has 1 saturated carbocycles. The molecule has 4 nitrogen and oxygen atoms in total. The molecule has 4 heteroatoms. The highest BCUT2D eigenvalue weighted by Gasteiger charge is 2.36. The first kappa shape index (κ1) is 15.4. The van der Waals surface area contributed by atoms with E-state index in [9.17, 15) is 4.79 Å². The van der Waals surface area contributed by atoms with Gasteiger partial charge in [-0.25, -0.2) is 0 Å². The van der Waals surface area contributed by atoms with E-state index in [-0.39, 0.29) is 5.97 Å². The summed E-state index contributed by atoms with van der Waals surface area (Å²) in [4.78, 5) is 14.5. The van der Waals surface area contributed by atoms with Crippen LogP contribution in [0, 0.1) is 0 Å². The molecule has 1 fully saturated rings. The fraction of sp³-hybridized carbons (Fsp3) is 0.929. The molecular formula is C14H28N2O2. The highest BCUT2D eigenvalue weighted by Crippen LogP contribution is 2.27. The minimum atomic E-state index is -0.549. The number of hydrogen-bond donors (Lipinski definition) is 1. The molecule has 18 heavy (non-hydrogen) atoms. The van der Waals surface area contributed by atoms with Crippen molar-refractivity contribution in [2.75, 3.05) is 26.2 Å². The number of esters is 1. The summed E-state index contributed by atoms with van der Waals surface area (Å²) >= 11 is 0. The van der Waals surface area contributed by atoms with Crippen LogP contribution in [0.3, 0.4) is 0 Å². The molecule has 0 amide bonds. The monoisotopic (exact) mass is 256 g/mol. The summed E-state index contributed by atoms with van der Waals surface area (Å²) in [6, 6.07) is 0.753. The Labute approximate surface area is 111 Å². The molecule has 0 radical (unpaired) electrons. The average Bonchev–Trinajstić information content (AvgIpc) is 3.15. The number of nitrogens with zero attached hydrogens (tertiary/aromatic N) is 1. The van der Waals surface area contributed by atoms with Crippen LogP contribution in [-0.4, -0.2) is 48.7 Å². The van der Waals surface area contributed by atoms with E-state index in [0.717, 1.165) is 32.1 Å². The predicted octanol–water partition coefficient (Wildman–Crippen LogP) is 1.79. The summed E-state index contributed by atoms with van der Waals surface area (Å²) in [6.45, 7) is 11.3. The lowest BCUT2D eigenvalue weighted by molar-refractivity contribution is -0.151. The maximum atomic E-state index is 12.0. The zero-order valence-corrected chi connectivity index (χ0v) is 12.3. The molecule has 1 unspecified atom stereocenters. The number of ether oxygens (including phenoxy) is 1. The van der Waals surface area contributed by atoms with Crippen LogP contribution in [0.1, 0.15) is 47.0 Å². The Morgan fingerprint density at radius 1 is 1.39 bits per heavy atom. The third kappa shape index (κ3) is 4.25. The minimum Gasteiger partial charge on any atom is -0.465 e. The van der Waals surface area contributed by atoms with Crippen LogP contribution in [-0.2, 0) is 9.53 Å². The normalized spacial score (nSPS) is 18.7. The van der Waals surface area contributed by atoms with Crippen molar-refractivity contribution >= 4 is 5.97 Å². The molecule has 106 valence electrons. The topological polar surface area (TPSA) is 41.6 Å². The molecule has 0 heterocycles. The van der Waals surface area contributed by atoms with Crippen LogP contribution in [0.15, 0.2) is 0 Å². The summed E-state index contributed by atoms with van der Waals surface area (Å²) in [6.07, 6.45) is 3.43. The molecule has 1 atom stereocenters. The zero-order chi connectivity index (χ0) is 13.6. The number of carbonyl (C=O) groups is 1. The van der Waals surface area contributed by atoms with Crippen LogP contribution >= 0.6 is 0 Å². The van der Waals surface area contributed by atoms with Gasteiger partial charge in [0.2, 0.25) is 0 Å². The molecule has 0 bridgehead atoms. The number of carbonyl (C=O) groups excluding carboxylic acids is 1. The lowest BCUT2D eigenvalue weighted by Gasteiger charge is -2.31. The SMILES string of the molecule is CCNC(C)(CCN(CC)C1CC1)C(=O)OCC. The summed E-state index contributed by atoms with van der Waals surface area (Å²) in [5.74, 6) is -0.126. The number of nitrogens with one attached hydrogen (secondary N) is 1. The van der Waals surface area contributed by atoms with Crippen LogP contribution in [0.25, 0.3) is 0 Å². The summed E-state index contributed by atoms with van der Waals surface area (Å²) in [5, 5.41) is 3.28. The van der Waals surface area contributed by atoms with Crippen molar-refractivity contribution in [3.05, 3.63) is 0 Å². The van der Waals surface area contributed by atoms with E-state index >= 15 is 0 Å². The van der Waals surface area contributed by atoms with Gasteiger partial charge >= 0.3 is 5.97 Å². The Balaban J connectivity index is 2.51. The van der Waals surface area contributed by atoms with Crippen LogP contribution in [0.2, 0.25) is 0 Å². The van der Waals surface area contributed by atoms with Gasteiger partial charge in [0.05, 0.1) is 6.61 Å². The number of rotatable bonds is 9. The van der Waals surface area contributed by atoms with E-state index in [0.29, 0.717) is 6.61 Å². The summed E-state index contributed by atoms with van der Waals surface area (Å²) in [5.41, 5.74) is -0.549. The maximum Gasteiger partial charge on any atom is 0.326 e. The molecule has 0 aromatic rings. The first-order chi connectivity index (χ1) is 8.57. The van der Waals surface area contributed by atoms with E-state index in [1.807, 2.05) is 20.8 Å². The molecule has 0 spiro atoms. The first-order valence-corrected chi connectivity index (χ1v) is 7.23. The molecule has 0 aliphatic heterocycles. The van der Waals surface area contributed by atoms with Gasteiger partial charge in [-0.3, -0.25) is 4.79 Å². The second-order valence-corrected chi connectivity index (χ2v) is 5.19. The summed E-state index contributed by atoms with van der Waals surface area (Å²) < 4.78 is 5.18. The number of hydrogen-bond acceptors (Lipinski definition) is 4. The van der Waals surface area contributed by atoms with Gasteiger partial charge in [0.25, 0.3) is 0 Å². The highest BCUT2D eigenvalue weighted by molar-refractivity contribution is 5.80. The second-order valence-electron chi connectivity index (χ2n) is 5.19. The van der Waals surface area contributed by atoms with Crippen molar-refractivity contribution in [1.29, 1.82) is 0 Å². The van der Waals surface area contributed by atoms with Crippen molar-refractivity contribution in [1.82, 2.24) is 10.2 Å². The Kier molecular flexibility index (Phi) is 6.09. The second kappa shape index (κ2) is 7.10. The third-order valence-electron chi connectivity index (χ3n) is 3.66. The Morgan fingerprint density at radius 3 is 2.50 bits per heavy atom. The van der Waals surface area contributed by atoms with Crippen LogP contribution in [0.5, 0.6) is 0 Å². The molecule has 1 N–H and O–H groups in total. The van der Waals surface area contributed by atoms with Gasteiger partial charge < -0.3 is 15.0 Å². The standard InChI is InChI=1S/C14H28N2O2/c1-5-15-14(4,13(17)18-7-3)10-11-16(6-2)12-8-9-12/h12,15H,5-11H2,1-4H3. The smallest absolute Gasteiger partial charge is 0.326 e. The van der Waals surface area contributed by atoms with Crippen LogP contribution in [0.4, 0.5) is 0 Å². The van der Waals surface area contributed by atoms with Crippen molar-refractivity contribution in [2.45, 2.75) is 58.5 Å². The maximum absolute atomic E-state index is 12.0. The first-order valence-electron chi connectivity index (χ1n) is 7.23. The lowest BCUT2D eigenvalue weighted by atomic mass is 9.97. The van der Waals surface area contributed by atoms with E-state index < -0.39 is 5.54 Å². The van der Waals surface area contributed by atoms with Gasteiger partial charge in [-0.05, 0) is 46.2 Å². The predicted molar refractivity (Wildman–Crippen MR) is 73.6 cm³/mol. The Hall–Kier alpha value is -0.610. The molecule has 0 aromatic carbocycles. The van der Waals surface area contributed by atoms with Crippen molar-refractivity contribution in [3.63, 3.8) is 0 Å². The lowest BCUT2D eigenvalue weighted by Crippen LogP contribution is -2.52. The van der Waals surface area contributed by atoms with Crippen molar-refractivity contribution in [2.24, 2.45) is 0 Å². The van der Waals surface area contributed by atoms with E-state index in [1.54, 1.807) is 0 Å². The molecule has 1 aliphatic carbocycles. The molecule has 0 saturated heterocycles. The van der Waals surface area contributed by atoms with E-state index in [1.165, 1.54) is 12.8 Å². The Bertz CT molecular complexity index is 267. The fourth-order valence-corrected chi connectivity index (χ4v) is 2.35. The van der Waals surface area contributed by atoms with Crippen molar-refractivity contribution < 1.29 is 9.53 Å². The molecule has 1 rings (SSSR count). The van der Waals surface area contributed by atoms with Gasteiger partial charge in [0.1, 0.15) is 5.54 Å². The summed E-state index contributed by atoms with van der Waals surface area (Å²) in [7, 11) is 0. The van der Waals surface area contributed by atoms with Gasteiger partial charge in [-0.1, -0.05) is 13.8 Å². The third-order valence-corrected chi connectivity index (χ3v) is 3.66. The minimum absolute atomic E-state index is 0.126. The van der Waals surface area contributed by atoms with Gasteiger partial charge in [0, 0.05) is 12.6 Å². The quantitative estimate of drug-likeness (QED) is 0.639. The van der Waals surface area contributed by atoms with Crippen LogP contribution < -0.4 is 5.32 Å². The van der Waals surface area contributed by atoms with Gasteiger partial charge in [-0.2, -0.15) is 0 Å². The van der Waals surface area contributed by atoms with Gasteiger partial charge in [0.15, 0.2) is 0 Å². The van der Waals surface area contributed by atoms with Crippen molar-refractivity contribution in [3.8, 4) is 0 Å². The van der Waals surface area contributed by atoms with E-state index in [2.05, 4.69) is 17.1 Å².